The third kappa shape index (κ3) is 3.14. The monoisotopic (exact) mass is 330 g/mol. The molecule has 0 saturated heterocycles. The smallest absolute Gasteiger partial charge is 0.264 e. The molecule has 1 aromatic heterocycles. The predicted molar refractivity (Wildman–Crippen MR) is 98.9 cm³/mol. The molecule has 5 heteroatoms. The average Bonchev–Trinajstić information content (AvgIpc) is 3.11. The lowest BCUT2D eigenvalue weighted by Gasteiger charge is -2.19. The van der Waals surface area contributed by atoms with Gasteiger partial charge in [0.05, 0.1) is 17.5 Å². The number of rotatable bonds is 5. The molecule has 0 spiro atoms. The lowest BCUT2D eigenvalue weighted by atomic mass is 10.1. The zero-order chi connectivity index (χ0) is 17.1. The van der Waals surface area contributed by atoms with Crippen LogP contribution in [0.2, 0.25) is 0 Å². The Kier molecular flexibility index (Phi) is 4.23. The molecule has 124 valence electrons. The Morgan fingerprint density at radius 2 is 1.96 bits per heavy atom. The molecule has 5 nitrogen and oxygen atoms in total. The zero-order valence-electron chi connectivity index (χ0n) is 14.1. The fourth-order valence-corrected chi connectivity index (χ4v) is 2.95. The first-order valence-electron chi connectivity index (χ1n) is 8.48. The SMILES string of the molecule is CCC1=C2N=C(c3ccccc3)C=C(NCc3cccnc3)[NH+]2N=C1. The summed E-state index contributed by atoms with van der Waals surface area (Å²) in [6.45, 7) is 2.84. The van der Waals surface area contributed by atoms with Crippen molar-refractivity contribution in [2.24, 2.45) is 10.1 Å². The van der Waals surface area contributed by atoms with E-state index in [0.29, 0.717) is 6.54 Å². The molecule has 1 aromatic carbocycles. The van der Waals surface area contributed by atoms with Crippen LogP contribution < -0.4 is 10.3 Å². The summed E-state index contributed by atoms with van der Waals surface area (Å²) in [7, 11) is 0. The highest BCUT2D eigenvalue weighted by atomic mass is 15.5. The number of nitrogens with zero attached hydrogens (tertiary/aromatic N) is 3. The van der Waals surface area contributed by atoms with E-state index in [4.69, 9.17) is 4.99 Å². The van der Waals surface area contributed by atoms with Crippen molar-refractivity contribution in [1.82, 2.24) is 10.3 Å². The van der Waals surface area contributed by atoms with Gasteiger partial charge in [0, 0.05) is 30.6 Å². The Labute approximate surface area is 147 Å². The van der Waals surface area contributed by atoms with Crippen molar-refractivity contribution in [3.8, 4) is 0 Å². The van der Waals surface area contributed by atoms with Gasteiger partial charge in [0.2, 0.25) is 5.82 Å². The van der Waals surface area contributed by atoms with E-state index in [1.807, 2.05) is 36.7 Å². The van der Waals surface area contributed by atoms with Gasteiger partial charge < -0.3 is 5.32 Å². The van der Waals surface area contributed by atoms with Crippen LogP contribution in [0.5, 0.6) is 0 Å². The minimum atomic E-state index is 0.704. The van der Waals surface area contributed by atoms with Crippen LogP contribution >= 0.6 is 0 Å². The number of allylic oxidation sites excluding steroid dienone is 2. The molecule has 0 saturated carbocycles. The second-order valence-electron chi connectivity index (χ2n) is 5.97. The largest absolute Gasteiger partial charge is 0.335 e. The fourth-order valence-electron chi connectivity index (χ4n) is 2.95. The third-order valence-corrected chi connectivity index (χ3v) is 4.30. The molecule has 0 radical (unpaired) electrons. The molecule has 0 bridgehead atoms. The standard InChI is InChI=1S/C20H19N5/c1-2-16-14-23-25-19(22-13-15-7-6-10-21-12-15)11-18(24-20(16)25)17-8-4-3-5-9-17/h3-12,14,22H,2,13H2,1H3/p+1. The number of nitrogens with one attached hydrogen (secondary N) is 2. The van der Waals surface area contributed by atoms with E-state index in [9.17, 15) is 0 Å². The first-order valence-corrected chi connectivity index (χ1v) is 8.48. The maximum Gasteiger partial charge on any atom is 0.264 e. The normalized spacial score (nSPS) is 18.7. The van der Waals surface area contributed by atoms with E-state index in [0.717, 1.165) is 39.9 Å². The van der Waals surface area contributed by atoms with E-state index in [2.05, 4.69) is 46.6 Å². The van der Waals surface area contributed by atoms with Gasteiger partial charge in [-0.2, -0.15) is 4.99 Å². The highest BCUT2D eigenvalue weighted by Crippen LogP contribution is 2.15. The third-order valence-electron chi connectivity index (χ3n) is 4.30. The molecule has 2 aromatic rings. The number of aliphatic imine (C=N–C) groups is 1. The number of hydrogen-bond donors (Lipinski definition) is 2. The van der Waals surface area contributed by atoms with Crippen molar-refractivity contribution in [1.29, 1.82) is 0 Å². The number of aromatic nitrogens is 1. The van der Waals surface area contributed by atoms with Crippen LogP contribution in [-0.2, 0) is 6.54 Å². The number of benzene rings is 1. The summed E-state index contributed by atoms with van der Waals surface area (Å²) in [6, 6.07) is 14.3. The maximum absolute atomic E-state index is 4.88. The van der Waals surface area contributed by atoms with Gasteiger partial charge in [-0.25, -0.2) is 0 Å². The number of hydrogen-bond acceptors (Lipinski definition) is 4. The van der Waals surface area contributed by atoms with Crippen LogP contribution in [0.4, 0.5) is 0 Å². The van der Waals surface area contributed by atoms with Crippen LogP contribution in [0.15, 0.2) is 88.2 Å². The van der Waals surface area contributed by atoms with Crippen molar-refractivity contribution < 1.29 is 5.01 Å². The van der Waals surface area contributed by atoms with Gasteiger partial charge in [0.15, 0.2) is 0 Å². The Balaban J connectivity index is 1.67. The van der Waals surface area contributed by atoms with Crippen molar-refractivity contribution in [2.45, 2.75) is 19.9 Å². The average molecular weight is 330 g/mol. The van der Waals surface area contributed by atoms with Gasteiger partial charge in [-0.15, -0.1) is 5.01 Å². The first kappa shape index (κ1) is 15.5. The molecular weight excluding hydrogens is 310 g/mol. The van der Waals surface area contributed by atoms with E-state index < -0.39 is 0 Å². The molecule has 0 fully saturated rings. The summed E-state index contributed by atoms with van der Waals surface area (Å²) in [6.07, 6.45) is 8.60. The van der Waals surface area contributed by atoms with Crippen molar-refractivity contribution >= 4 is 11.9 Å². The van der Waals surface area contributed by atoms with Crippen molar-refractivity contribution in [3.05, 3.63) is 89.3 Å². The number of quaternary nitrogens is 1. The molecule has 25 heavy (non-hydrogen) atoms. The number of fused-ring (bicyclic) bond motifs is 1. The Hall–Kier alpha value is -3.05. The van der Waals surface area contributed by atoms with Crippen LogP contribution in [0.25, 0.3) is 0 Å². The highest BCUT2D eigenvalue weighted by molar-refractivity contribution is 6.09. The summed E-state index contributed by atoms with van der Waals surface area (Å²) >= 11 is 0. The quantitative estimate of drug-likeness (QED) is 0.881. The van der Waals surface area contributed by atoms with Crippen LogP contribution in [0, 0.1) is 0 Å². The van der Waals surface area contributed by atoms with Crippen LogP contribution in [0.1, 0.15) is 24.5 Å². The lowest BCUT2D eigenvalue weighted by Crippen LogP contribution is -3.04. The second-order valence-corrected chi connectivity index (χ2v) is 5.97. The maximum atomic E-state index is 4.88. The van der Waals surface area contributed by atoms with Crippen molar-refractivity contribution in [2.75, 3.05) is 0 Å². The molecule has 2 aliphatic rings. The van der Waals surface area contributed by atoms with Crippen molar-refractivity contribution in [3.63, 3.8) is 0 Å². The summed E-state index contributed by atoms with van der Waals surface area (Å²) in [5, 5.41) is 9.04. The van der Waals surface area contributed by atoms with E-state index in [1.165, 1.54) is 5.57 Å². The van der Waals surface area contributed by atoms with Crippen LogP contribution in [0.3, 0.4) is 0 Å². The van der Waals surface area contributed by atoms with E-state index >= 15 is 0 Å². The van der Waals surface area contributed by atoms with E-state index in [-0.39, 0.29) is 0 Å². The Morgan fingerprint density at radius 3 is 2.72 bits per heavy atom. The van der Waals surface area contributed by atoms with Gasteiger partial charge in [-0.05, 0) is 18.1 Å². The Bertz CT molecular complexity index is 879. The predicted octanol–water partition coefficient (Wildman–Crippen LogP) is 2.02. The summed E-state index contributed by atoms with van der Waals surface area (Å²) in [5.41, 5.74) is 4.38. The Morgan fingerprint density at radius 1 is 1.08 bits per heavy atom. The molecule has 0 aliphatic carbocycles. The lowest BCUT2D eigenvalue weighted by molar-refractivity contribution is -0.829. The summed E-state index contributed by atoms with van der Waals surface area (Å²) in [5.74, 6) is 1.99. The highest BCUT2D eigenvalue weighted by Gasteiger charge is 2.32. The van der Waals surface area contributed by atoms with Gasteiger partial charge in [0.25, 0.3) is 5.82 Å². The first-order chi connectivity index (χ1) is 12.3. The topological polar surface area (TPSA) is 54.1 Å². The van der Waals surface area contributed by atoms with Gasteiger partial charge in [-0.3, -0.25) is 4.98 Å². The molecule has 3 heterocycles. The zero-order valence-corrected chi connectivity index (χ0v) is 14.1. The van der Waals surface area contributed by atoms with Gasteiger partial charge in [0.1, 0.15) is 0 Å². The summed E-state index contributed by atoms with van der Waals surface area (Å²) < 4.78 is 0. The second kappa shape index (κ2) is 6.83. The summed E-state index contributed by atoms with van der Waals surface area (Å²) in [4.78, 5) is 9.05. The fraction of sp³-hybridized carbons (Fsp3) is 0.150. The molecule has 2 N–H and O–H groups in total. The molecule has 1 unspecified atom stereocenters. The van der Waals surface area contributed by atoms with E-state index in [1.54, 1.807) is 6.20 Å². The molecular formula is C20H20N5+. The van der Waals surface area contributed by atoms with Gasteiger partial charge >= 0.3 is 0 Å². The minimum absolute atomic E-state index is 0.704. The minimum Gasteiger partial charge on any atom is -0.335 e. The van der Waals surface area contributed by atoms with Crippen LogP contribution in [-0.4, -0.2) is 16.9 Å². The molecule has 4 rings (SSSR count). The molecule has 1 atom stereocenters. The van der Waals surface area contributed by atoms with Gasteiger partial charge in [-0.1, -0.05) is 48.4 Å². The number of pyridine rings is 1. The molecule has 0 amide bonds. The molecule has 2 aliphatic heterocycles.